The third kappa shape index (κ3) is 2.28. The van der Waals surface area contributed by atoms with Crippen LogP contribution < -0.4 is 5.32 Å². The van der Waals surface area contributed by atoms with Crippen LogP contribution in [-0.4, -0.2) is 9.38 Å². The molecule has 0 aliphatic heterocycles. The number of anilines is 1. The van der Waals surface area contributed by atoms with Crippen LogP contribution in [0.3, 0.4) is 0 Å². The van der Waals surface area contributed by atoms with Crippen molar-refractivity contribution in [3.05, 3.63) is 53.1 Å². The summed E-state index contributed by atoms with van der Waals surface area (Å²) in [6, 6.07) is 1.31. The summed E-state index contributed by atoms with van der Waals surface area (Å²) in [4.78, 5) is 5.11. The SMILES string of the molecule is Fc1cc(F)c(NCc2cn3ccsc3n2)cc1F. The zero-order valence-electron chi connectivity index (χ0n) is 9.53. The number of hydrogen-bond donors (Lipinski definition) is 1. The molecule has 98 valence electrons. The van der Waals surface area contributed by atoms with E-state index in [1.165, 1.54) is 11.3 Å². The Morgan fingerprint density at radius 2 is 1.95 bits per heavy atom. The van der Waals surface area contributed by atoms with Crippen LogP contribution in [0.5, 0.6) is 0 Å². The van der Waals surface area contributed by atoms with Crippen molar-refractivity contribution in [1.29, 1.82) is 0 Å². The highest BCUT2D eigenvalue weighted by Crippen LogP contribution is 2.19. The van der Waals surface area contributed by atoms with Crippen molar-refractivity contribution >= 4 is 22.0 Å². The molecule has 0 aliphatic carbocycles. The fourth-order valence-corrected chi connectivity index (χ4v) is 2.42. The van der Waals surface area contributed by atoms with E-state index in [4.69, 9.17) is 0 Å². The molecule has 0 radical (unpaired) electrons. The third-order valence-corrected chi connectivity index (χ3v) is 3.38. The summed E-state index contributed by atoms with van der Waals surface area (Å²) in [5.74, 6) is -3.12. The second-order valence-corrected chi connectivity index (χ2v) is 4.80. The lowest BCUT2D eigenvalue weighted by Gasteiger charge is -2.06. The van der Waals surface area contributed by atoms with Crippen LogP contribution in [0, 0.1) is 17.5 Å². The number of halogens is 3. The first-order chi connectivity index (χ1) is 9.13. The first-order valence-corrected chi connectivity index (χ1v) is 6.31. The Balaban J connectivity index is 1.79. The average Bonchev–Trinajstić information content (AvgIpc) is 2.92. The highest BCUT2D eigenvalue weighted by molar-refractivity contribution is 7.15. The first-order valence-electron chi connectivity index (χ1n) is 5.43. The fourth-order valence-electron chi connectivity index (χ4n) is 1.71. The molecule has 7 heteroatoms. The molecule has 1 N–H and O–H groups in total. The van der Waals surface area contributed by atoms with E-state index in [1.807, 2.05) is 16.0 Å². The Kier molecular flexibility index (Phi) is 2.90. The molecule has 3 rings (SSSR count). The number of aromatic nitrogens is 2. The van der Waals surface area contributed by atoms with E-state index in [1.54, 1.807) is 6.20 Å². The van der Waals surface area contributed by atoms with Crippen LogP contribution in [0.15, 0.2) is 29.9 Å². The predicted molar refractivity (Wildman–Crippen MR) is 66.7 cm³/mol. The molecule has 0 unspecified atom stereocenters. The topological polar surface area (TPSA) is 29.3 Å². The minimum Gasteiger partial charge on any atom is -0.377 e. The van der Waals surface area contributed by atoms with Crippen molar-refractivity contribution in [3.63, 3.8) is 0 Å². The number of nitrogens with zero attached hydrogens (tertiary/aromatic N) is 2. The van der Waals surface area contributed by atoms with Crippen molar-refractivity contribution in [3.8, 4) is 0 Å². The summed E-state index contributed by atoms with van der Waals surface area (Å²) in [5, 5.41) is 4.59. The van der Waals surface area contributed by atoms with Gasteiger partial charge in [-0.2, -0.15) is 0 Å². The van der Waals surface area contributed by atoms with Gasteiger partial charge in [0.15, 0.2) is 16.6 Å². The summed E-state index contributed by atoms with van der Waals surface area (Å²) in [5.41, 5.74) is 0.603. The van der Waals surface area contributed by atoms with E-state index < -0.39 is 17.5 Å². The van der Waals surface area contributed by atoms with Crippen LogP contribution >= 0.6 is 11.3 Å². The summed E-state index contributed by atoms with van der Waals surface area (Å²) < 4.78 is 41.0. The molecule has 0 atom stereocenters. The van der Waals surface area contributed by atoms with Gasteiger partial charge >= 0.3 is 0 Å². The Bertz CT molecular complexity index is 706. The highest BCUT2D eigenvalue weighted by atomic mass is 32.1. The van der Waals surface area contributed by atoms with Crippen LogP contribution in [0.2, 0.25) is 0 Å². The van der Waals surface area contributed by atoms with Gasteiger partial charge in [-0.25, -0.2) is 18.2 Å². The zero-order valence-corrected chi connectivity index (χ0v) is 10.3. The molecule has 19 heavy (non-hydrogen) atoms. The minimum absolute atomic E-state index is 0.0877. The maximum Gasteiger partial charge on any atom is 0.193 e. The second-order valence-electron chi connectivity index (χ2n) is 3.92. The van der Waals surface area contributed by atoms with Crippen molar-refractivity contribution < 1.29 is 13.2 Å². The Morgan fingerprint density at radius 1 is 1.16 bits per heavy atom. The smallest absolute Gasteiger partial charge is 0.193 e. The maximum atomic E-state index is 13.4. The molecule has 0 bridgehead atoms. The van der Waals surface area contributed by atoms with Crippen LogP contribution in [0.4, 0.5) is 18.9 Å². The summed E-state index contributed by atoms with van der Waals surface area (Å²) in [7, 11) is 0. The second kappa shape index (κ2) is 4.58. The molecule has 3 nitrogen and oxygen atoms in total. The van der Waals surface area contributed by atoms with Gasteiger partial charge in [0.1, 0.15) is 5.82 Å². The average molecular weight is 283 g/mol. The largest absolute Gasteiger partial charge is 0.377 e. The number of hydrogen-bond acceptors (Lipinski definition) is 3. The molecule has 2 aromatic heterocycles. The first kappa shape index (κ1) is 12.0. The summed E-state index contributed by atoms with van der Waals surface area (Å²) in [6.07, 6.45) is 3.64. The zero-order chi connectivity index (χ0) is 13.4. The normalized spacial score (nSPS) is 11.1. The van der Waals surface area contributed by atoms with E-state index in [-0.39, 0.29) is 12.2 Å². The Morgan fingerprint density at radius 3 is 2.74 bits per heavy atom. The van der Waals surface area contributed by atoms with Crippen molar-refractivity contribution in [1.82, 2.24) is 9.38 Å². The van der Waals surface area contributed by atoms with Crippen LogP contribution in [-0.2, 0) is 6.54 Å². The number of rotatable bonds is 3. The minimum atomic E-state index is -1.20. The molecule has 1 aromatic carbocycles. The summed E-state index contributed by atoms with van der Waals surface area (Å²) in [6.45, 7) is 0.233. The van der Waals surface area contributed by atoms with Crippen molar-refractivity contribution in [2.45, 2.75) is 6.54 Å². The lowest BCUT2D eigenvalue weighted by atomic mass is 10.2. The summed E-state index contributed by atoms with van der Waals surface area (Å²) >= 11 is 1.48. The molecule has 0 saturated heterocycles. The Labute approximate surface area is 110 Å². The lowest BCUT2D eigenvalue weighted by molar-refractivity contribution is 0.496. The fraction of sp³-hybridized carbons (Fsp3) is 0.0833. The number of nitrogens with one attached hydrogen (secondary N) is 1. The molecular weight excluding hydrogens is 275 g/mol. The number of benzene rings is 1. The van der Waals surface area contributed by atoms with Gasteiger partial charge in [-0.1, -0.05) is 0 Å². The predicted octanol–water partition coefficient (Wildman–Crippen LogP) is 3.43. The molecule has 0 spiro atoms. The highest BCUT2D eigenvalue weighted by Gasteiger charge is 2.10. The standard InChI is InChI=1S/C12H8F3N3S/c13-8-3-10(15)11(4-9(8)14)16-5-7-6-18-1-2-19-12(18)17-7/h1-4,6,16H,5H2. The molecule has 0 amide bonds. The molecular formula is C12H8F3N3S. The molecule has 0 aliphatic rings. The maximum absolute atomic E-state index is 13.4. The van der Waals surface area contributed by atoms with Gasteiger partial charge in [-0.15, -0.1) is 11.3 Å². The Hall–Kier alpha value is -2.02. The van der Waals surface area contributed by atoms with Gasteiger partial charge in [0.05, 0.1) is 17.9 Å². The third-order valence-electron chi connectivity index (χ3n) is 2.61. The number of fused-ring (bicyclic) bond motifs is 1. The van der Waals surface area contributed by atoms with Gasteiger partial charge in [0.25, 0.3) is 0 Å². The lowest BCUT2D eigenvalue weighted by Crippen LogP contribution is -2.03. The monoisotopic (exact) mass is 283 g/mol. The van der Waals surface area contributed by atoms with Crippen molar-refractivity contribution in [2.75, 3.05) is 5.32 Å². The molecule has 3 aromatic rings. The van der Waals surface area contributed by atoms with Gasteiger partial charge in [0.2, 0.25) is 0 Å². The van der Waals surface area contributed by atoms with Gasteiger partial charge in [0, 0.05) is 29.9 Å². The quantitative estimate of drug-likeness (QED) is 0.746. The van der Waals surface area contributed by atoms with Crippen LogP contribution in [0.1, 0.15) is 5.69 Å². The van der Waals surface area contributed by atoms with Crippen LogP contribution in [0.25, 0.3) is 4.96 Å². The number of thiazole rings is 1. The van der Waals surface area contributed by atoms with Gasteiger partial charge < -0.3 is 5.32 Å². The van der Waals surface area contributed by atoms with E-state index >= 15 is 0 Å². The van der Waals surface area contributed by atoms with E-state index in [0.29, 0.717) is 11.8 Å². The molecule has 0 fully saturated rings. The van der Waals surface area contributed by atoms with Gasteiger partial charge in [-0.3, -0.25) is 4.40 Å². The molecule has 2 heterocycles. The van der Waals surface area contributed by atoms with E-state index in [0.717, 1.165) is 11.0 Å². The number of imidazole rings is 1. The van der Waals surface area contributed by atoms with E-state index in [2.05, 4.69) is 10.3 Å². The van der Waals surface area contributed by atoms with E-state index in [9.17, 15) is 13.2 Å². The molecule has 0 saturated carbocycles. The van der Waals surface area contributed by atoms with Crippen molar-refractivity contribution in [2.24, 2.45) is 0 Å². The van der Waals surface area contributed by atoms with Gasteiger partial charge in [-0.05, 0) is 0 Å².